The van der Waals surface area contributed by atoms with Crippen molar-refractivity contribution in [2.75, 3.05) is 26.7 Å². The number of nitrogens with zero attached hydrogens (tertiary/aromatic N) is 1. The first-order valence-corrected chi connectivity index (χ1v) is 12.4. The van der Waals surface area contributed by atoms with Gasteiger partial charge in [-0.1, -0.05) is 59.6 Å². The Kier molecular flexibility index (Phi) is 8.02. The summed E-state index contributed by atoms with van der Waals surface area (Å²) in [5, 5.41) is 14.6. The molecule has 0 radical (unpaired) electrons. The standard InChI is InChI=1S/C28H30Cl2N2O3/c1-28(20-5-9-22(29)10-6-20,21-7-11-23(30)12-8-21)27(34)31-26(18-32-16-15-24(33)17-32)19-3-13-25(35-2)14-4-19/h3-14,24,26,33H,15-18H2,1-2H3,(H,31,34)/t24?,26-/m1/s1. The second kappa shape index (κ2) is 11.0. The van der Waals surface area contributed by atoms with E-state index >= 15 is 0 Å². The van der Waals surface area contributed by atoms with Crippen molar-refractivity contribution >= 4 is 29.1 Å². The van der Waals surface area contributed by atoms with Crippen LogP contribution in [0.5, 0.6) is 5.75 Å². The lowest BCUT2D eigenvalue weighted by molar-refractivity contribution is -0.125. The van der Waals surface area contributed by atoms with Crippen molar-refractivity contribution < 1.29 is 14.6 Å². The zero-order chi connectivity index (χ0) is 25.0. The average molecular weight is 513 g/mol. The SMILES string of the molecule is COc1ccc([C@@H](CN2CCC(O)C2)NC(=O)C(C)(c2ccc(Cl)cc2)c2ccc(Cl)cc2)cc1. The minimum absolute atomic E-state index is 0.136. The summed E-state index contributed by atoms with van der Waals surface area (Å²) in [5.41, 5.74) is 1.64. The molecule has 5 nitrogen and oxygen atoms in total. The highest BCUT2D eigenvalue weighted by molar-refractivity contribution is 6.30. The number of amides is 1. The summed E-state index contributed by atoms with van der Waals surface area (Å²) in [4.78, 5) is 16.3. The van der Waals surface area contributed by atoms with Crippen LogP contribution in [-0.2, 0) is 10.2 Å². The molecule has 4 rings (SSSR count). The summed E-state index contributed by atoms with van der Waals surface area (Å²) in [6, 6.07) is 22.2. The van der Waals surface area contributed by atoms with Gasteiger partial charge in [-0.2, -0.15) is 0 Å². The molecule has 1 unspecified atom stereocenters. The van der Waals surface area contributed by atoms with Crippen molar-refractivity contribution in [2.45, 2.75) is 30.9 Å². The molecule has 0 saturated carbocycles. The number of benzene rings is 3. The molecule has 35 heavy (non-hydrogen) atoms. The van der Waals surface area contributed by atoms with E-state index < -0.39 is 5.41 Å². The Bertz CT molecular complexity index is 1090. The van der Waals surface area contributed by atoms with Crippen molar-refractivity contribution in [1.29, 1.82) is 0 Å². The molecule has 1 fully saturated rings. The molecule has 184 valence electrons. The molecular formula is C28H30Cl2N2O3. The third-order valence-corrected chi connectivity index (χ3v) is 7.31. The number of rotatable bonds is 8. The van der Waals surface area contributed by atoms with Crippen LogP contribution in [0.25, 0.3) is 0 Å². The summed E-state index contributed by atoms with van der Waals surface area (Å²) in [6.45, 7) is 3.88. The van der Waals surface area contributed by atoms with Gasteiger partial charge in [-0.15, -0.1) is 0 Å². The third kappa shape index (κ3) is 5.81. The maximum atomic E-state index is 14.1. The maximum Gasteiger partial charge on any atom is 0.235 e. The van der Waals surface area contributed by atoms with E-state index in [2.05, 4.69) is 10.2 Å². The van der Waals surface area contributed by atoms with E-state index in [9.17, 15) is 9.90 Å². The first-order chi connectivity index (χ1) is 16.8. The van der Waals surface area contributed by atoms with Crippen LogP contribution in [-0.4, -0.2) is 48.8 Å². The number of halogens is 2. The summed E-state index contributed by atoms with van der Waals surface area (Å²) in [6.07, 6.45) is 0.395. The first kappa shape index (κ1) is 25.5. The van der Waals surface area contributed by atoms with E-state index in [-0.39, 0.29) is 18.1 Å². The van der Waals surface area contributed by atoms with Gasteiger partial charge in [0.25, 0.3) is 0 Å². The maximum absolute atomic E-state index is 14.1. The van der Waals surface area contributed by atoms with Crippen LogP contribution in [0.1, 0.15) is 36.1 Å². The van der Waals surface area contributed by atoms with E-state index in [1.165, 1.54) is 0 Å². The number of methoxy groups -OCH3 is 1. The van der Waals surface area contributed by atoms with E-state index in [1.807, 2.05) is 55.5 Å². The molecule has 1 heterocycles. The number of β-amino-alcohol motifs (C(OH)–C–C–N with tert-alkyl or cyclic N) is 1. The number of carbonyl (C=O) groups is 1. The fourth-order valence-corrected chi connectivity index (χ4v) is 4.86. The summed E-state index contributed by atoms with van der Waals surface area (Å²) < 4.78 is 5.31. The Balaban J connectivity index is 1.69. The van der Waals surface area contributed by atoms with Crippen LogP contribution >= 0.6 is 23.2 Å². The molecule has 1 aliphatic heterocycles. The number of ether oxygens (including phenoxy) is 1. The molecule has 1 amide bonds. The van der Waals surface area contributed by atoms with Crippen molar-refractivity contribution in [3.8, 4) is 5.75 Å². The first-order valence-electron chi connectivity index (χ1n) is 11.7. The predicted molar refractivity (Wildman–Crippen MR) is 140 cm³/mol. The predicted octanol–water partition coefficient (Wildman–Crippen LogP) is 5.23. The molecule has 7 heteroatoms. The van der Waals surface area contributed by atoms with Gasteiger partial charge in [0, 0.05) is 29.7 Å². The lowest BCUT2D eigenvalue weighted by atomic mass is 9.75. The van der Waals surface area contributed by atoms with E-state index in [0.29, 0.717) is 23.1 Å². The van der Waals surface area contributed by atoms with E-state index in [4.69, 9.17) is 27.9 Å². The highest BCUT2D eigenvalue weighted by atomic mass is 35.5. The van der Waals surface area contributed by atoms with Gasteiger partial charge in [-0.3, -0.25) is 9.69 Å². The zero-order valence-corrected chi connectivity index (χ0v) is 21.4. The van der Waals surface area contributed by atoms with Gasteiger partial charge in [0.2, 0.25) is 5.91 Å². The second-order valence-electron chi connectivity index (χ2n) is 9.14. The number of hydrogen-bond acceptors (Lipinski definition) is 4. The summed E-state index contributed by atoms with van der Waals surface area (Å²) in [5.74, 6) is 0.616. The number of aliphatic hydroxyl groups is 1. The van der Waals surface area contributed by atoms with Crippen LogP contribution in [0.15, 0.2) is 72.8 Å². The van der Waals surface area contributed by atoms with E-state index in [0.717, 1.165) is 35.4 Å². The largest absolute Gasteiger partial charge is 0.497 e. The lowest BCUT2D eigenvalue weighted by Gasteiger charge is -2.33. The molecule has 2 N–H and O–H groups in total. The normalized spacial score (nSPS) is 17.2. The molecule has 3 aromatic carbocycles. The molecule has 0 aromatic heterocycles. The van der Waals surface area contributed by atoms with Gasteiger partial charge in [-0.05, 0) is 66.4 Å². The highest BCUT2D eigenvalue weighted by Crippen LogP contribution is 2.35. The lowest BCUT2D eigenvalue weighted by Crippen LogP contribution is -2.47. The van der Waals surface area contributed by atoms with Gasteiger partial charge < -0.3 is 15.2 Å². The van der Waals surface area contributed by atoms with Gasteiger partial charge in [0.05, 0.1) is 24.7 Å². The fraction of sp³-hybridized carbons (Fsp3) is 0.321. The molecular weight excluding hydrogens is 483 g/mol. The Morgan fingerprint density at radius 1 is 1.03 bits per heavy atom. The quantitative estimate of drug-likeness (QED) is 0.433. The molecule has 3 aromatic rings. The molecule has 0 spiro atoms. The minimum Gasteiger partial charge on any atom is -0.497 e. The second-order valence-corrected chi connectivity index (χ2v) is 10.0. The zero-order valence-electron chi connectivity index (χ0n) is 19.9. The Morgan fingerprint density at radius 2 is 1.57 bits per heavy atom. The number of likely N-dealkylation sites (tertiary alicyclic amines) is 1. The fourth-order valence-electron chi connectivity index (χ4n) is 4.60. The number of nitrogens with one attached hydrogen (secondary N) is 1. The van der Waals surface area contributed by atoms with Crippen LogP contribution in [0.3, 0.4) is 0 Å². The third-order valence-electron chi connectivity index (χ3n) is 6.81. The van der Waals surface area contributed by atoms with Crippen LogP contribution in [0.4, 0.5) is 0 Å². The summed E-state index contributed by atoms with van der Waals surface area (Å²) in [7, 11) is 1.63. The summed E-state index contributed by atoms with van der Waals surface area (Å²) >= 11 is 12.3. The van der Waals surface area contributed by atoms with Crippen molar-refractivity contribution in [1.82, 2.24) is 10.2 Å². The number of aliphatic hydroxyl groups excluding tert-OH is 1. The Hall–Kier alpha value is -2.57. The van der Waals surface area contributed by atoms with Crippen molar-refractivity contribution in [3.05, 3.63) is 99.5 Å². The minimum atomic E-state index is -0.982. The molecule has 1 aliphatic rings. The van der Waals surface area contributed by atoms with Gasteiger partial charge >= 0.3 is 0 Å². The Morgan fingerprint density at radius 3 is 2.03 bits per heavy atom. The van der Waals surface area contributed by atoms with Gasteiger partial charge in [0.1, 0.15) is 5.75 Å². The monoisotopic (exact) mass is 512 g/mol. The Labute approximate surface area is 216 Å². The van der Waals surface area contributed by atoms with Crippen LogP contribution < -0.4 is 10.1 Å². The highest BCUT2D eigenvalue weighted by Gasteiger charge is 2.39. The molecule has 1 saturated heterocycles. The number of carbonyl (C=O) groups excluding carboxylic acids is 1. The topological polar surface area (TPSA) is 61.8 Å². The number of hydrogen-bond donors (Lipinski definition) is 2. The van der Waals surface area contributed by atoms with Crippen LogP contribution in [0, 0.1) is 0 Å². The molecule has 0 bridgehead atoms. The van der Waals surface area contributed by atoms with Gasteiger partial charge in [0.15, 0.2) is 0 Å². The average Bonchev–Trinajstić information content (AvgIpc) is 3.28. The van der Waals surface area contributed by atoms with E-state index in [1.54, 1.807) is 31.4 Å². The van der Waals surface area contributed by atoms with Gasteiger partial charge in [-0.25, -0.2) is 0 Å². The van der Waals surface area contributed by atoms with Crippen LogP contribution in [0.2, 0.25) is 10.0 Å². The van der Waals surface area contributed by atoms with Crippen molar-refractivity contribution in [2.24, 2.45) is 0 Å². The molecule has 2 atom stereocenters. The molecule has 0 aliphatic carbocycles. The smallest absolute Gasteiger partial charge is 0.235 e. The van der Waals surface area contributed by atoms with Crippen molar-refractivity contribution in [3.63, 3.8) is 0 Å².